The van der Waals surface area contributed by atoms with Crippen LogP contribution in [0.5, 0.6) is 0 Å². The Hall–Kier alpha value is -4.45. The van der Waals surface area contributed by atoms with Gasteiger partial charge in [0.05, 0.1) is 35.9 Å². The lowest BCUT2D eigenvalue weighted by molar-refractivity contribution is -0.0830. The number of nitrogens with zero attached hydrogens (tertiary/aromatic N) is 3. The molecule has 1 atom stereocenters. The van der Waals surface area contributed by atoms with Crippen LogP contribution in [0, 0.1) is 30.2 Å². The van der Waals surface area contributed by atoms with Crippen LogP contribution in [0.3, 0.4) is 0 Å². The number of carbonyl (C=O) groups excluding carboxylic acids is 1. The van der Waals surface area contributed by atoms with Crippen LogP contribution in [0.4, 0.5) is 39.4 Å². The van der Waals surface area contributed by atoms with Gasteiger partial charge in [-0.2, -0.15) is 5.06 Å². The number of benzene rings is 3. The van der Waals surface area contributed by atoms with Crippen LogP contribution in [-0.2, 0) is 11.9 Å². The molecule has 0 spiro atoms. The highest BCUT2D eigenvalue weighted by Gasteiger charge is 2.33. The number of amides is 2. The van der Waals surface area contributed by atoms with E-state index in [1.165, 1.54) is 31.6 Å². The molecular weight excluding hydrogens is 506 g/mol. The van der Waals surface area contributed by atoms with Gasteiger partial charge in [0.15, 0.2) is 5.82 Å². The first-order valence-corrected chi connectivity index (χ1v) is 11.5. The smallest absolute Gasteiger partial charge is 0.346 e. The van der Waals surface area contributed by atoms with Gasteiger partial charge in [-0.25, -0.2) is 27.3 Å². The second-order valence-corrected chi connectivity index (χ2v) is 8.85. The number of halogens is 4. The topological polar surface area (TPSA) is 88.5 Å². The van der Waals surface area contributed by atoms with Gasteiger partial charge in [0.2, 0.25) is 0 Å². The molecule has 196 valence electrons. The minimum absolute atomic E-state index is 0.0503. The van der Waals surface area contributed by atoms with E-state index in [1.807, 2.05) is 0 Å². The number of rotatable bonds is 4. The Morgan fingerprint density at radius 1 is 1.03 bits per heavy atom. The number of aryl methyl sites for hydroxylation is 2. The Bertz CT molecular complexity index is 1620. The lowest BCUT2D eigenvalue weighted by Gasteiger charge is -2.23. The highest BCUT2D eigenvalue weighted by molar-refractivity contribution is 5.90. The number of nitrogens with one attached hydrogen (secondary N) is 2. The normalized spacial score (nSPS) is 15.2. The zero-order chi connectivity index (χ0) is 27.1. The summed E-state index contributed by atoms with van der Waals surface area (Å²) < 4.78 is 58.6. The van der Waals surface area contributed by atoms with Crippen LogP contribution in [-0.4, -0.2) is 27.3 Å². The van der Waals surface area contributed by atoms with Gasteiger partial charge in [-0.1, -0.05) is 0 Å². The molecule has 4 aromatic rings. The SMILES string of the molecule is Cc1cc(F)c(NC(=O)N2OCC[C@@H]2c2cc(F)cc(F)c2)cc1Nc1ccc2ncn(C)c(=O)c2c1F. The van der Waals surface area contributed by atoms with Gasteiger partial charge in [-0.3, -0.25) is 9.63 Å². The van der Waals surface area contributed by atoms with Gasteiger partial charge >= 0.3 is 6.03 Å². The van der Waals surface area contributed by atoms with Crippen molar-refractivity contribution in [2.75, 3.05) is 17.2 Å². The number of carbonyl (C=O) groups is 1. The molecule has 0 aliphatic carbocycles. The van der Waals surface area contributed by atoms with Crippen molar-refractivity contribution in [3.05, 3.63) is 93.5 Å². The van der Waals surface area contributed by atoms with Crippen molar-refractivity contribution in [2.45, 2.75) is 19.4 Å². The monoisotopic (exact) mass is 527 g/mol. The zero-order valence-corrected chi connectivity index (χ0v) is 20.2. The number of hydrogen-bond acceptors (Lipinski definition) is 5. The summed E-state index contributed by atoms with van der Waals surface area (Å²) >= 11 is 0. The number of urea groups is 1. The Balaban J connectivity index is 1.42. The maximum Gasteiger partial charge on any atom is 0.346 e. The van der Waals surface area contributed by atoms with Crippen molar-refractivity contribution < 1.29 is 27.2 Å². The summed E-state index contributed by atoms with van der Waals surface area (Å²) in [7, 11) is 1.45. The third-order valence-corrected chi connectivity index (χ3v) is 6.22. The predicted octanol–water partition coefficient (Wildman–Crippen LogP) is 5.45. The molecule has 1 saturated heterocycles. The van der Waals surface area contributed by atoms with E-state index in [1.54, 1.807) is 6.92 Å². The molecule has 1 aromatic heterocycles. The van der Waals surface area contributed by atoms with Gasteiger partial charge in [-0.05, 0) is 54.4 Å². The number of anilines is 3. The first kappa shape index (κ1) is 25.2. The van der Waals surface area contributed by atoms with Crippen LogP contribution >= 0.6 is 0 Å². The fraction of sp³-hybridized carbons (Fsp3) is 0.192. The van der Waals surface area contributed by atoms with Crippen LogP contribution in [0.25, 0.3) is 10.9 Å². The van der Waals surface area contributed by atoms with Crippen LogP contribution in [0.15, 0.2) is 53.6 Å². The molecule has 8 nitrogen and oxygen atoms in total. The van der Waals surface area contributed by atoms with E-state index in [4.69, 9.17) is 4.84 Å². The molecule has 2 N–H and O–H groups in total. The zero-order valence-electron chi connectivity index (χ0n) is 20.2. The summed E-state index contributed by atoms with van der Waals surface area (Å²) in [5.41, 5.74) is 0.148. The molecule has 2 heterocycles. The fourth-order valence-corrected chi connectivity index (χ4v) is 4.31. The Morgan fingerprint density at radius 3 is 2.50 bits per heavy atom. The van der Waals surface area contributed by atoms with E-state index in [2.05, 4.69) is 15.6 Å². The molecule has 0 saturated carbocycles. The third kappa shape index (κ3) is 4.65. The summed E-state index contributed by atoms with van der Waals surface area (Å²) in [6.45, 7) is 1.68. The minimum Gasteiger partial charge on any atom is -0.353 e. The van der Waals surface area contributed by atoms with E-state index in [0.717, 1.165) is 27.8 Å². The van der Waals surface area contributed by atoms with E-state index in [-0.39, 0.29) is 46.6 Å². The third-order valence-electron chi connectivity index (χ3n) is 6.22. The molecule has 12 heteroatoms. The number of hydroxylamine groups is 2. The van der Waals surface area contributed by atoms with E-state index in [0.29, 0.717) is 11.6 Å². The average molecular weight is 527 g/mol. The van der Waals surface area contributed by atoms with E-state index in [9.17, 15) is 22.8 Å². The quantitative estimate of drug-likeness (QED) is 0.345. The lowest BCUT2D eigenvalue weighted by Crippen LogP contribution is -2.34. The Labute approximate surface area is 213 Å². The average Bonchev–Trinajstić information content (AvgIpc) is 3.35. The second kappa shape index (κ2) is 9.78. The highest BCUT2D eigenvalue weighted by atomic mass is 19.1. The molecule has 1 aliphatic rings. The van der Waals surface area contributed by atoms with Crippen molar-refractivity contribution in [3.8, 4) is 0 Å². The fourth-order valence-electron chi connectivity index (χ4n) is 4.31. The molecule has 2 amide bonds. The van der Waals surface area contributed by atoms with Crippen LogP contribution in [0.1, 0.15) is 23.6 Å². The molecule has 38 heavy (non-hydrogen) atoms. The van der Waals surface area contributed by atoms with Gasteiger partial charge < -0.3 is 15.2 Å². The Morgan fingerprint density at radius 2 is 1.76 bits per heavy atom. The van der Waals surface area contributed by atoms with Crippen molar-refractivity contribution in [3.63, 3.8) is 0 Å². The van der Waals surface area contributed by atoms with Crippen LogP contribution in [0.2, 0.25) is 0 Å². The van der Waals surface area contributed by atoms with Gasteiger partial charge in [-0.15, -0.1) is 0 Å². The standard InChI is InChI=1S/C26H21F4N5O3/c1-13-7-17(29)21(33-26(37)35-22(5-6-38-35)14-8-15(27)10-16(28)9-14)11-20(13)32-19-4-3-18-23(24(19)30)25(36)34(2)12-31-18/h3-4,7-12,22,32H,5-6H2,1-2H3,(H,33,37)/t22-/m1/s1. The molecule has 0 radical (unpaired) electrons. The van der Waals surface area contributed by atoms with Crippen molar-refractivity contribution in [1.29, 1.82) is 0 Å². The largest absolute Gasteiger partial charge is 0.353 e. The molecule has 5 rings (SSSR count). The summed E-state index contributed by atoms with van der Waals surface area (Å²) in [5.74, 6) is -3.21. The molecule has 0 unspecified atom stereocenters. The molecule has 1 aliphatic heterocycles. The lowest BCUT2D eigenvalue weighted by atomic mass is 10.0. The molecular formula is C26H21F4N5O3. The maximum absolute atomic E-state index is 15.2. The molecule has 3 aromatic carbocycles. The van der Waals surface area contributed by atoms with Crippen LogP contribution < -0.4 is 16.2 Å². The van der Waals surface area contributed by atoms with Crippen molar-refractivity contribution >= 4 is 34.0 Å². The summed E-state index contributed by atoms with van der Waals surface area (Å²) in [4.78, 5) is 34.8. The summed E-state index contributed by atoms with van der Waals surface area (Å²) in [5, 5.41) is 5.92. The first-order chi connectivity index (χ1) is 18.1. The van der Waals surface area contributed by atoms with Gasteiger partial charge in [0.1, 0.15) is 22.8 Å². The van der Waals surface area contributed by atoms with E-state index < -0.39 is 40.9 Å². The van der Waals surface area contributed by atoms with Crippen molar-refractivity contribution in [2.24, 2.45) is 7.05 Å². The van der Waals surface area contributed by atoms with Crippen molar-refractivity contribution in [1.82, 2.24) is 14.6 Å². The summed E-state index contributed by atoms with van der Waals surface area (Å²) in [6, 6.07) is 6.52. The predicted molar refractivity (Wildman–Crippen MR) is 132 cm³/mol. The molecule has 0 bridgehead atoms. The number of fused-ring (bicyclic) bond motifs is 1. The number of aromatic nitrogens is 2. The van der Waals surface area contributed by atoms with Gasteiger partial charge in [0.25, 0.3) is 5.56 Å². The first-order valence-electron chi connectivity index (χ1n) is 11.5. The summed E-state index contributed by atoms with van der Waals surface area (Å²) in [6.07, 6.45) is 1.56. The van der Waals surface area contributed by atoms with Gasteiger partial charge in [0, 0.05) is 25.2 Å². The Kier molecular flexibility index (Phi) is 6.49. The molecule has 1 fully saturated rings. The highest BCUT2D eigenvalue weighted by Crippen LogP contribution is 2.33. The second-order valence-electron chi connectivity index (χ2n) is 8.85. The minimum atomic E-state index is -0.864. The maximum atomic E-state index is 15.2. The van der Waals surface area contributed by atoms with E-state index >= 15 is 4.39 Å². The number of hydrogen-bond donors (Lipinski definition) is 2.